The minimum Gasteiger partial charge on any atom is -0.382 e. The van der Waals surface area contributed by atoms with Crippen LogP contribution in [0, 0.1) is 5.41 Å². The van der Waals surface area contributed by atoms with Crippen LogP contribution in [0.2, 0.25) is 0 Å². The van der Waals surface area contributed by atoms with Crippen LogP contribution in [0.4, 0.5) is 0 Å². The molecule has 0 fully saturated rings. The normalized spacial score (nSPS) is 19.2. The van der Waals surface area contributed by atoms with Crippen molar-refractivity contribution in [2.45, 2.75) is 39.5 Å². The van der Waals surface area contributed by atoms with Crippen LogP contribution in [0.5, 0.6) is 0 Å². The molecular formula is C14H24O3. The maximum absolute atomic E-state index is 11.5. The predicted molar refractivity (Wildman–Crippen MR) is 68.0 cm³/mol. The Balaban J connectivity index is 2.20. The Morgan fingerprint density at radius 1 is 1.24 bits per heavy atom. The summed E-state index contributed by atoms with van der Waals surface area (Å²) in [5, 5.41) is 0. The molecule has 0 aromatic carbocycles. The van der Waals surface area contributed by atoms with Crippen LogP contribution in [0.25, 0.3) is 0 Å². The van der Waals surface area contributed by atoms with E-state index in [0.717, 1.165) is 25.9 Å². The highest BCUT2D eigenvalue weighted by atomic mass is 16.5. The third-order valence-corrected chi connectivity index (χ3v) is 2.94. The molecule has 1 aliphatic rings. The number of hydrogen-bond acceptors (Lipinski definition) is 3. The van der Waals surface area contributed by atoms with Gasteiger partial charge < -0.3 is 9.47 Å². The monoisotopic (exact) mass is 240 g/mol. The van der Waals surface area contributed by atoms with E-state index in [1.807, 2.05) is 6.08 Å². The van der Waals surface area contributed by atoms with E-state index in [1.54, 1.807) is 7.11 Å². The van der Waals surface area contributed by atoms with Crippen LogP contribution < -0.4 is 0 Å². The van der Waals surface area contributed by atoms with Crippen molar-refractivity contribution in [2.75, 3.05) is 26.9 Å². The average Bonchev–Trinajstić information content (AvgIpc) is 2.20. The summed E-state index contributed by atoms with van der Waals surface area (Å²) in [7, 11) is 1.67. The number of methoxy groups -OCH3 is 1. The predicted octanol–water partition coefficient (Wildman–Crippen LogP) is 2.75. The van der Waals surface area contributed by atoms with E-state index >= 15 is 0 Å². The third-order valence-electron chi connectivity index (χ3n) is 2.94. The molecule has 3 nitrogen and oxygen atoms in total. The van der Waals surface area contributed by atoms with Gasteiger partial charge in [-0.05, 0) is 30.8 Å². The molecule has 0 aliphatic heterocycles. The molecule has 0 aromatic heterocycles. The fraction of sp³-hybridized carbons (Fsp3) is 0.786. The van der Waals surface area contributed by atoms with Crippen molar-refractivity contribution in [3.63, 3.8) is 0 Å². The lowest BCUT2D eigenvalue weighted by Gasteiger charge is -2.28. The summed E-state index contributed by atoms with van der Waals surface area (Å²) < 4.78 is 10.3. The second-order valence-corrected chi connectivity index (χ2v) is 5.50. The molecule has 0 aromatic rings. The number of carbonyl (C=O) groups is 1. The van der Waals surface area contributed by atoms with Gasteiger partial charge in [-0.3, -0.25) is 4.79 Å². The first kappa shape index (κ1) is 14.4. The first-order valence-electron chi connectivity index (χ1n) is 6.32. The first-order chi connectivity index (χ1) is 8.03. The number of rotatable bonds is 7. The van der Waals surface area contributed by atoms with E-state index in [0.29, 0.717) is 19.6 Å². The number of allylic oxidation sites excluding steroid dienone is 2. The lowest BCUT2D eigenvalue weighted by Crippen LogP contribution is -2.21. The minimum atomic E-state index is 0.137. The number of carbonyl (C=O) groups excluding carboxylic acids is 1. The summed E-state index contributed by atoms with van der Waals surface area (Å²) in [5.41, 5.74) is 1.42. The molecule has 0 saturated heterocycles. The van der Waals surface area contributed by atoms with Gasteiger partial charge in [0.15, 0.2) is 5.78 Å². The molecule has 0 N–H and O–H groups in total. The molecule has 0 radical (unpaired) electrons. The highest BCUT2D eigenvalue weighted by molar-refractivity contribution is 5.91. The topological polar surface area (TPSA) is 35.5 Å². The molecule has 0 atom stereocenters. The highest BCUT2D eigenvalue weighted by Gasteiger charge is 2.26. The maximum Gasteiger partial charge on any atom is 0.156 e. The smallest absolute Gasteiger partial charge is 0.156 e. The number of ketones is 1. The van der Waals surface area contributed by atoms with Crippen molar-refractivity contribution < 1.29 is 14.3 Å². The summed E-state index contributed by atoms with van der Waals surface area (Å²) >= 11 is 0. The van der Waals surface area contributed by atoms with Gasteiger partial charge in [0.25, 0.3) is 0 Å². The van der Waals surface area contributed by atoms with Crippen LogP contribution in [0.1, 0.15) is 39.5 Å². The third kappa shape index (κ3) is 5.99. The van der Waals surface area contributed by atoms with E-state index in [-0.39, 0.29) is 11.2 Å². The fourth-order valence-corrected chi connectivity index (χ4v) is 2.28. The second-order valence-electron chi connectivity index (χ2n) is 5.50. The van der Waals surface area contributed by atoms with Crippen molar-refractivity contribution in [1.82, 2.24) is 0 Å². The maximum atomic E-state index is 11.5. The summed E-state index contributed by atoms with van der Waals surface area (Å²) in [6.07, 6.45) is 5.51. The average molecular weight is 240 g/mol. The van der Waals surface area contributed by atoms with E-state index in [1.165, 1.54) is 5.57 Å². The van der Waals surface area contributed by atoms with Gasteiger partial charge in [0.1, 0.15) is 0 Å². The molecule has 0 unspecified atom stereocenters. The van der Waals surface area contributed by atoms with Gasteiger partial charge in [0, 0.05) is 20.1 Å². The molecule has 0 spiro atoms. The van der Waals surface area contributed by atoms with Crippen molar-refractivity contribution in [3.8, 4) is 0 Å². The molecule has 0 bridgehead atoms. The van der Waals surface area contributed by atoms with Gasteiger partial charge in [0.2, 0.25) is 0 Å². The van der Waals surface area contributed by atoms with Gasteiger partial charge >= 0.3 is 0 Å². The molecule has 0 amide bonds. The van der Waals surface area contributed by atoms with Crippen LogP contribution in [0.3, 0.4) is 0 Å². The number of ether oxygens (including phenoxy) is 2. The Morgan fingerprint density at radius 2 is 2.00 bits per heavy atom. The quantitative estimate of drug-likeness (QED) is 0.642. The zero-order valence-electron chi connectivity index (χ0n) is 11.3. The van der Waals surface area contributed by atoms with E-state index < -0.39 is 0 Å². The Morgan fingerprint density at radius 3 is 2.65 bits per heavy atom. The Hall–Kier alpha value is -0.670. The SMILES string of the molecule is COCCOCCCC1=CC(=O)CC(C)(C)C1. The molecular weight excluding hydrogens is 216 g/mol. The van der Waals surface area contributed by atoms with E-state index in [2.05, 4.69) is 13.8 Å². The van der Waals surface area contributed by atoms with Gasteiger partial charge in [-0.25, -0.2) is 0 Å². The molecule has 0 saturated carbocycles. The van der Waals surface area contributed by atoms with Gasteiger partial charge in [-0.15, -0.1) is 0 Å². The summed E-state index contributed by atoms with van der Waals surface area (Å²) in [6.45, 7) is 6.36. The van der Waals surface area contributed by atoms with Gasteiger partial charge in [-0.1, -0.05) is 19.4 Å². The molecule has 98 valence electrons. The van der Waals surface area contributed by atoms with Gasteiger partial charge in [0.05, 0.1) is 13.2 Å². The summed E-state index contributed by atoms with van der Waals surface area (Å²) in [5.74, 6) is 0.275. The van der Waals surface area contributed by atoms with E-state index in [4.69, 9.17) is 9.47 Å². The van der Waals surface area contributed by atoms with Gasteiger partial charge in [-0.2, -0.15) is 0 Å². The molecule has 3 heteroatoms. The molecule has 0 heterocycles. The summed E-state index contributed by atoms with van der Waals surface area (Å²) in [4.78, 5) is 11.5. The Labute approximate surface area is 104 Å². The summed E-state index contributed by atoms with van der Waals surface area (Å²) in [6, 6.07) is 0. The van der Waals surface area contributed by atoms with Crippen molar-refractivity contribution in [2.24, 2.45) is 5.41 Å². The van der Waals surface area contributed by atoms with Crippen molar-refractivity contribution in [3.05, 3.63) is 11.6 Å². The zero-order chi connectivity index (χ0) is 12.7. The van der Waals surface area contributed by atoms with E-state index in [9.17, 15) is 4.79 Å². The highest BCUT2D eigenvalue weighted by Crippen LogP contribution is 2.35. The molecule has 1 aliphatic carbocycles. The Kier molecular flexibility index (Phi) is 5.86. The second kappa shape index (κ2) is 6.92. The Bertz CT molecular complexity index is 279. The van der Waals surface area contributed by atoms with Crippen molar-refractivity contribution >= 4 is 5.78 Å². The fourth-order valence-electron chi connectivity index (χ4n) is 2.28. The molecule has 17 heavy (non-hydrogen) atoms. The van der Waals surface area contributed by atoms with Crippen LogP contribution in [-0.4, -0.2) is 32.7 Å². The van der Waals surface area contributed by atoms with Crippen molar-refractivity contribution in [1.29, 1.82) is 0 Å². The lowest BCUT2D eigenvalue weighted by atomic mass is 9.76. The minimum absolute atomic E-state index is 0.137. The lowest BCUT2D eigenvalue weighted by molar-refractivity contribution is -0.117. The molecule has 1 rings (SSSR count). The van der Waals surface area contributed by atoms with Crippen LogP contribution in [0.15, 0.2) is 11.6 Å². The van der Waals surface area contributed by atoms with Crippen LogP contribution >= 0.6 is 0 Å². The standard InChI is InChI=1S/C14H24O3/c1-14(2)10-12(9-13(15)11-14)5-4-6-17-8-7-16-3/h9H,4-8,10-11H2,1-3H3. The van der Waals surface area contributed by atoms with Crippen LogP contribution in [-0.2, 0) is 14.3 Å². The number of hydrogen-bond donors (Lipinski definition) is 0. The first-order valence-corrected chi connectivity index (χ1v) is 6.32. The zero-order valence-corrected chi connectivity index (χ0v) is 11.3. The largest absolute Gasteiger partial charge is 0.382 e.